The van der Waals surface area contributed by atoms with Gasteiger partial charge in [0, 0.05) is 18.5 Å². The summed E-state index contributed by atoms with van der Waals surface area (Å²) in [5.74, 6) is 0.279. The second-order valence-electron chi connectivity index (χ2n) is 4.68. The minimum Gasteiger partial charge on any atom is -0.497 e. The molecule has 0 fully saturated rings. The zero-order chi connectivity index (χ0) is 15.9. The van der Waals surface area contributed by atoms with Crippen molar-refractivity contribution in [3.05, 3.63) is 30.0 Å². The molecule has 2 N–H and O–H groups in total. The standard InChI is InChI=1S/C13H12N4O4S/c1-21-7-3-4-9-10(5-7)16-12(18)8-6-14-13(22(2,19)20)17-11(8)15-9/h3-6H,1-2H3,(H,16,18)(H,14,15,17). The molecule has 3 rings (SSSR count). The minimum absolute atomic E-state index is 0.136. The molecule has 0 spiro atoms. The Morgan fingerprint density at radius 2 is 1.95 bits per heavy atom. The second-order valence-corrected chi connectivity index (χ2v) is 6.59. The highest BCUT2D eigenvalue weighted by Crippen LogP contribution is 2.33. The Hall–Kier alpha value is -2.68. The van der Waals surface area contributed by atoms with Crippen molar-refractivity contribution in [2.75, 3.05) is 24.0 Å². The van der Waals surface area contributed by atoms with Crippen LogP contribution in [-0.4, -0.2) is 37.7 Å². The number of aromatic nitrogens is 2. The van der Waals surface area contributed by atoms with Gasteiger partial charge in [0.1, 0.15) is 17.1 Å². The third-order valence-corrected chi connectivity index (χ3v) is 3.93. The molecule has 1 aromatic carbocycles. The lowest BCUT2D eigenvalue weighted by Gasteiger charge is -2.09. The van der Waals surface area contributed by atoms with Crippen LogP contribution < -0.4 is 15.4 Å². The number of ether oxygens (including phenoxy) is 1. The van der Waals surface area contributed by atoms with Gasteiger partial charge in [0.15, 0.2) is 0 Å². The summed E-state index contributed by atoms with van der Waals surface area (Å²) in [7, 11) is -2.05. The summed E-state index contributed by atoms with van der Waals surface area (Å²) in [5, 5.41) is 5.30. The van der Waals surface area contributed by atoms with Crippen molar-refractivity contribution in [3.63, 3.8) is 0 Å². The molecule has 114 valence electrons. The molecule has 0 saturated carbocycles. The Morgan fingerprint density at radius 3 is 2.64 bits per heavy atom. The van der Waals surface area contributed by atoms with Crippen LogP contribution in [0, 0.1) is 0 Å². The summed E-state index contributed by atoms with van der Waals surface area (Å²) in [4.78, 5) is 19.9. The summed E-state index contributed by atoms with van der Waals surface area (Å²) in [6, 6.07) is 5.06. The van der Waals surface area contributed by atoms with Gasteiger partial charge < -0.3 is 15.4 Å². The Bertz CT molecular complexity index is 880. The number of benzene rings is 1. The van der Waals surface area contributed by atoms with Gasteiger partial charge in [0.25, 0.3) is 5.91 Å². The molecule has 1 aliphatic rings. The van der Waals surface area contributed by atoms with Gasteiger partial charge in [-0.05, 0) is 12.1 Å². The number of amides is 1. The first-order valence-corrected chi connectivity index (χ1v) is 8.11. The Kier molecular flexibility index (Phi) is 3.21. The van der Waals surface area contributed by atoms with E-state index in [-0.39, 0.29) is 16.5 Å². The van der Waals surface area contributed by atoms with Crippen LogP contribution in [0.5, 0.6) is 5.75 Å². The number of rotatable bonds is 2. The maximum Gasteiger partial charge on any atom is 0.261 e. The molecule has 2 heterocycles. The van der Waals surface area contributed by atoms with E-state index in [0.29, 0.717) is 17.1 Å². The number of anilines is 3. The van der Waals surface area contributed by atoms with Crippen molar-refractivity contribution in [2.24, 2.45) is 0 Å². The molecule has 0 bridgehead atoms. The Morgan fingerprint density at radius 1 is 1.18 bits per heavy atom. The number of nitrogens with one attached hydrogen (secondary N) is 2. The zero-order valence-electron chi connectivity index (χ0n) is 11.7. The maximum atomic E-state index is 12.2. The number of methoxy groups -OCH3 is 1. The number of nitrogens with zero attached hydrogens (tertiary/aromatic N) is 2. The van der Waals surface area contributed by atoms with E-state index < -0.39 is 15.7 Å². The molecule has 1 amide bonds. The molecular weight excluding hydrogens is 308 g/mol. The highest BCUT2D eigenvalue weighted by atomic mass is 32.2. The van der Waals surface area contributed by atoms with Crippen molar-refractivity contribution in [1.29, 1.82) is 0 Å². The van der Waals surface area contributed by atoms with Crippen LogP contribution in [0.3, 0.4) is 0 Å². The van der Waals surface area contributed by atoms with Crippen LogP contribution in [0.25, 0.3) is 0 Å². The van der Waals surface area contributed by atoms with Crippen molar-refractivity contribution in [2.45, 2.75) is 5.16 Å². The number of hydrogen-bond acceptors (Lipinski definition) is 7. The van der Waals surface area contributed by atoms with Crippen LogP contribution in [0.4, 0.5) is 17.2 Å². The first-order chi connectivity index (χ1) is 10.4. The van der Waals surface area contributed by atoms with Gasteiger partial charge >= 0.3 is 0 Å². The topological polar surface area (TPSA) is 110 Å². The summed E-state index contributed by atoms with van der Waals surface area (Å²) >= 11 is 0. The van der Waals surface area contributed by atoms with Gasteiger partial charge in [-0.3, -0.25) is 4.79 Å². The summed E-state index contributed by atoms with van der Waals surface area (Å²) in [5.41, 5.74) is 1.23. The van der Waals surface area contributed by atoms with Gasteiger partial charge in [-0.15, -0.1) is 0 Å². The highest BCUT2D eigenvalue weighted by Gasteiger charge is 2.23. The lowest BCUT2D eigenvalue weighted by molar-refractivity contribution is 0.102. The van der Waals surface area contributed by atoms with E-state index in [1.165, 1.54) is 13.3 Å². The Balaban J connectivity index is 2.13. The third kappa shape index (κ3) is 2.46. The summed E-state index contributed by atoms with van der Waals surface area (Å²) in [6.07, 6.45) is 2.19. The number of hydrogen-bond donors (Lipinski definition) is 2. The minimum atomic E-state index is -3.57. The maximum absolute atomic E-state index is 12.2. The van der Waals surface area contributed by atoms with Crippen molar-refractivity contribution >= 4 is 32.9 Å². The fraction of sp³-hybridized carbons (Fsp3) is 0.154. The van der Waals surface area contributed by atoms with Crippen LogP contribution >= 0.6 is 0 Å². The van der Waals surface area contributed by atoms with Gasteiger partial charge in [-0.1, -0.05) is 0 Å². The highest BCUT2D eigenvalue weighted by molar-refractivity contribution is 7.90. The van der Waals surface area contributed by atoms with E-state index in [1.54, 1.807) is 18.2 Å². The van der Waals surface area contributed by atoms with E-state index in [4.69, 9.17) is 4.74 Å². The van der Waals surface area contributed by atoms with Crippen LogP contribution in [0.15, 0.2) is 29.6 Å². The molecular formula is C13H12N4O4S. The SMILES string of the molecule is COc1ccc2c(c1)NC(=O)c1cnc(S(C)(=O)=O)nc1N2. The molecule has 2 aromatic rings. The quantitative estimate of drug-likeness (QED) is 0.800. The number of fused-ring (bicyclic) bond motifs is 2. The monoisotopic (exact) mass is 320 g/mol. The lowest BCUT2D eigenvalue weighted by Crippen LogP contribution is -2.14. The van der Waals surface area contributed by atoms with E-state index in [9.17, 15) is 13.2 Å². The van der Waals surface area contributed by atoms with Crippen LogP contribution in [-0.2, 0) is 9.84 Å². The molecule has 22 heavy (non-hydrogen) atoms. The van der Waals surface area contributed by atoms with E-state index in [0.717, 1.165) is 6.26 Å². The van der Waals surface area contributed by atoms with E-state index in [2.05, 4.69) is 20.6 Å². The van der Waals surface area contributed by atoms with E-state index >= 15 is 0 Å². The summed E-state index contributed by atoms with van der Waals surface area (Å²) < 4.78 is 28.2. The zero-order valence-corrected chi connectivity index (χ0v) is 12.6. The lowest BCUT2D eigenvalue weighted by atomic mass is 10.2. The average Bonchev–Trinajstić information content (AvgIpc) is 2.61. The van der Waals surface area contributed by atoms with Crippen LogP contribution in [0.2, 0.25) is 0 Å². The van der Waals surface area contributed by atoms with Crippen molar-refractivity contribution in [1.82, 2.24) is 9.97 Å². The number of carbonyl (C=O) groups excluding carboxylic acids is 1. The van der Waals surface area contributed by atoms with Gasteiger partial charge in [0.2, 0.25) is 15.0 Å². The Labute approximate surface area is 126 Å². The van der Waals surface area contributed by atoms with Crippen LogP contribution in [0.1, 0.15) is 10.4 Å². The number of sulfone groups is 1. The first kappa shape index (κ1) is 14.3. The van der Waals surface area contributed by atoms with Gasteiger partial charge in [0.05, 0.1) is 18.5 Å². The summed E-state index contributed by atoms with van der Waals surface area (Å²) in [6.45, 7) is 0. The molecule has 0 saturated heterocycles. The molecule has 1 aliphatic heterocycles. The number of carbonyl (C=O) groups is 1. The molecule has 0 aliphatic carbocycles. The van der Waals surface area contributed by atoms with E-state index in [1.807, 2.05) is 0 Å². The predicted molar refractivity (Wildman–Crippen MR) is 79.4 cm³/mol. The van der Waals surface area contributed by atoms with Gasteiger partial charge in [-0.2, -0.15) is 4.98 Å². The molecule has 0 radical (unpaired) electrons. The predicted octanol–water partition coefficient (Wildman–Crippen LogP) is 1.20. The third-order valence-electron chi connectivity index (χ3n) is 3.07. The second kappa shape index (κ2) is 4.95. The largest absolute Gasteiger partial charge is 0.497 e. The molecule has 8 nitrogen and oxygen atoms in total. The molecule has 1 aromatic heterocycles. The first-order valence-electron chi connectivity index (χ1n) is 6.22. The normalized spacial score (nSPS) is 13.3. The van der Waals surface area contributed by atoms with Crippen molar-refractivity contribution < 1.29 is 17.9 Å². The smallest absolute Gasteiger partial charge is 0.261 e. The van der Waals surface area contributed by atoms with Gasteiger partial charge in [-0.25, -0.2) is 13.4 Å². The molecule has 0 atom stereocenters. The average molecular weight is 320 g/mol. The fourth-order valence-corrected chi connectivity index (χ4v) is 2.49. The van der Waals surface area contributed by atoms with Crippen molar-refractivity contribution in [3.8, 4) is 5.75 Å². The fourth-order valence-electron chi connectivity index (χ4n) is 1.99. The molecule has 9 heteroatoms. The molecule has 0 unspecified atom stereocenters.